The standard InChI is InChI=1S/C18H34O/c1-2-15-18(19)16-13-11-9-7-5-3-4-6-8-10-12-14-17-18/h2,15,19H,3-14,16-17H2,1H3/b15-2+. The molecule has 1 aliphatic carbocycles. The van der Waals surface area contributed by atoms with Gasteiger partial charge in [-0.1, -0.05) is 89.2 Å². The van der Waals surface area contributed by atoms with Gasteiger partial charge in [0.25, 0.3) is 0 Å². The van der Waals surface area contributed by atoms with E-state index in [-0.39, 0.29) is 0 Å². The van der Waals surface area contributed by atoms with Crippen LogP contribution in [0.1, 0.15) is 96.8 Å². The van der Waals surface area contributed by atoms with Crippen molar-refractivity contribution in [1.29, 1.82) is 0 Å². The Balaban J connectivity index is 2.38. The van der Waals surface area contributed by atoms with Gasteiger partial charge in [-0.15, -0.1) is 0 Å². The summed E-state index contributed by atoms with van der Waals surface area (Å²) in [4.78, 5) is 0. The van der Waals surface area contributed by atoms with E-state index in [1.807, 2.05) is 19.1 Å². The Morgan fingerprint density at radius 2 is 0.947 bits per heavy atom. The topological polar surface area (TPSA) is 20.2 Å². The molecule has 0 spiro atoms. The molecule has 0 aromatic rings. The lowest BCUT2D eigenvalue weighted by Crippen LogP contribution is -2.25. The molecular formula is C18H34O. The summed E-state index contributed by atoms with van der Waals surface area (Å²) in [5, 5.41) is 10.6. The molecular weight excluding hydrogens is 232 g/mol. The van der Waals surface area contributed by atoms with Crippen molar-refractivity contribution in [2.24, 2.45) is 0 Å². The summed E-state index contributed by atoms with van der Waals surface area (Å²) in [6.07, 6.45) is 22.1. The third-order valence-electron chi connectivity index (χ3n) is 4.45. The van der Waals surface area contributed by atoms with Gasteiger partial charge >= 0.3 is 0 Å². The zero-order valence-corrected chi connectivity index (χ0v) is 13.0. The fraction of sp³-hybridized carbons (Fsp3) is 0.889. The Morgan fingerprint density at radius 3 is 1.26 bits per heavy atom. The highest BCUT2D eigenvalue weighted by Crippen LogP contribution is 2.25. The van der Waals surface area contributed by atoms with Crippen LogP contribution >= 0.6 is 0 Å². The molecule has 19 heavy (non-hydrogen) atoms. The third kappa shape index (κ3) is 8.47. The van der Waals surface area contributed by atoms with E-state index in [0.29, 0.717) is 0 Å². The molecule has 0 radical (unpaired) electrons. The van der Waals surface area contributed by atoms with E-state index in [1.165, 1.54) is 77.0 Å². The van der Waals surface area contributed by atoms with E-state index in [1.54, 1.807) is 0 Å². The van der Waals surface area contributed by atoms with Crippen molar-refractivity contribution in [2.75, 3.05) is 0 Å². The minimum Gasteiger partial charge on any atom is -0.386 e. The Bertz CT molecular complexity index is 216. The van der Waals surface area contributed by atoms with Gasteiger partial charge in [-0.05, 0) is 19.8 Å². The molecule has 0 atom stereocenters. The number of hydrogen-bond donors (Lipinski definition) is 1. The summed E-state index contributed by atoms with van der Waals surface area (Å²) in [6.45, 7) is 2.02. The number of hydrogen-bond acceptors (Lipinski definition) is 1. The molecule has 0 bridgehead atoms. The van der Waals surface area contributed by atoms with Gasteiger partial charge in [0.15, 0.2) is 0 Å². The summed E-state index contributed by atoms with van der Waals surface area (Å²) in [5.41, 5.74) is -0.519. The fourth-order valence-corrected chi connectivity index (χ4v) is 3.23. The average molecular weight is 266 g/mol. The molecule has 112 valence electrons. The Labute approximate surface area is 120 Å². The van der Waals surface area contributed by atoms with E-state index >= 15 is 0 Å². The summed E-state index contributed by atoms with van der Waals surface area (Å²) in [6, 6.07) is 0. The van der Waals surface area contributed by atoms with Gasteiger partial charge in [0.1, 0.15) is 0 Å². The molecule has 1 aliphatic rings. The molecule has 1 heteroatoms. The Morgan fingerprint density at radius 1 is 0.632 bits per heavy atom. The van der Waals surface area contributed by atoms with Crippen LogP contribution in [0.2, 0.25) is 0 Å². The molecule has 0 aliphatic heterocycles. The normalized spacial score (nSPS) is 24.7. The first-order valence-corrected chi connectivity index (χ1v) is 8.63. The minimum atomic E-state index is -0.519. The van der Waals surface area contributed by atoms with Gasteiger partial charge in [-0.3, -0.25) is 0 Å². The predicted molar refractivity (Wildman–Crippen MR) is 84.4 cm³/mol. The van der Waals surface area contributed by atoms with Crippen molar-refractivity contribution in [1.82, 2.24) is 0 Å². The lowest BCUT2D eigenvalue weighted by molar-refractivity contribution is 0.0661. The second kappa shape index (κ2) is 10.5. The largest absolute Gasteiger partial charge is 0.386 e. The van der Waals surface area contributed by atoms with Crippen molar-refractivity contribution in [3.05, 3.63) is 12.2 Å². The van der Waals surface area contributed by atoms with Crippen LogP contribution in [0.15, 0.2) is 12.2 Å². The molecule has 1 nitrogen and oxygen atoms in total. The van der Waals surface area contributed by atoms with Crippen LogP contribution < -0.4 is 0 Å². The number of allylic oxidation sites excluding steroid dienone is 1. The average Bonchev–Trinajstić information content (AvgIpc) is 2.39. The van der Waals surface area contributed by atoms with Gasteiger partial charge in [0.2, 0.25) is 0 Å². The van der Waals surface area contributed by atoms with Crippen molar-refractivity contribution in [3.8, 4) is 0 Å². The first kappa shape index (κ1) is 16.8. The first-order valence-electron chi connectivity index (χ1n) is 8.63. The summed E-state index contributed by atoms with van der Waals surface area (Å²) in [5.74, 6) is 0. The monoisotopic (exact) mass is 266 g/mol. The van der Waals surface area contributed by atoms with E-state index < -0.39 is 5.60 Å². The number of aliphatic hydroxyl groups is 1. The number of rotatable bonds is 1. The van der Waals surface area contributed by atoms with E-state index in [0.717, 1.165) is 12.8 Å². The minimum absolute atomic E-state index is 0.519. The van der Waals surface area contributed by atoms with E-state index in [4.69, 9.17) is 0 Å². The molecule has 0 unspecified atom stereocenters. The summed E-state index contributed by atoms with van der Waals surface area (Å²) in [7, 11) is 0. The predicted octanol–water partition coefficient (Wildman–Crippen LogP) is 5.77. The molecule has 0 heterocycles. The molecule has 1 rings (SSSR count). The van der Waals surface area contributed by atoms with Gasteiger partial charge in [-0.25, -0.2) is 0 Å². The van der Waals surface area contributed by atoms with Crippen molar-refractivity contribution in [2.45, 2.75) is 102 Å². The SMILES string of the molecule is C/C=C/C1(O)CCCCCCCCCCCCCC1. The molecule has 1 saturated carbocycles. The van der Waals surface area contributed by atoms with Crippen LogP contribution in [0.4, 0.5) is 0 Å². The molecule has 1 fully saturated rings. The smallest absolute Gasteiger partial charge is 0.0827 e. The van der Waals surface area contributed by atoms with Crippen molar-refractivity contribution < 1.29 is 5.11 Å². The molecule has 0 saturated heterocycles. The first-order chi connectivity index (χ1) is 9.27. The highest BCUT2D eigenvalue weighted by atomic mass is 16.3. The van der Waals surface area contributed by atoms with Crippen LogP contribution in [-0.4, -0.2) is 10.7 Å². The molecule has 0 aromatic heterocycles. The fourth-order valence-electron chi connectivity index (χ4n) is 3.23. The quantitative estimate of drug-likeness (QED) is 0.597. The van der Waals surface area contributed by atoms with E-state index in [9.17, 15) is 5.11 Å². The van der Waals surface area contributed by atoms with Gasteiger partial charge in [0, 0.05) is 0 Å². The van der Waals surface area contributed by atoms with Gasteiger partial charge < -0.3 is 5.11 Å². The maximum atomic E-state index is 10.6. The molecule has 0 amide bonds. The van der Waals surface area contributed by atoms with Gasteiger partial charge in [0.05, 0.1) is 5.60 Å². The Kier molecular flexibility index (Phi) is 9.24. The van der Waals surface area contributed by atoms with Crippen LogP contribution in [0, 0.1) is 0 Å². The second-order valence-corrected chi connectivity index (χ2v) is 6.35. The summed E-state index contributed by atoms with van der Waals surface area (Å²) >= 11 is 0. The highest BCUT2D eigenvalue weighted by Gasteiger charge is 2.21. The third-order valence-corrected chi connectivity index (χ3v) is 4.45. The summed E-state index contributed by atoms with van der Waals surface area (Å²) < 4.78 is 0. The zero-order valence-electron chi connectivity index (χ0n) is 13.0. The molecule has 1 N–H and O–H groups in total. The lowest BCUT2D eigenvalue weighted by atomic mass is 9.89. The van der Waals surface area contributed by atoms with Crippen LogP contribution in [0.3, 0.4) is 0 Å². The van der Waals surface area contributed by atoms with Crippen LogP contribution in [-0.2, 0) is 0 Å². The van der Waals surface area contributed by atoms with Crippen LogP contribution in [0.5, 0.6) is 0 Å². The van der Waals surface area contributed by atoms with Gasteiger partial charge in [-0.2, -0.15) is 0 Å². The van der Waals surface area contributed by atoms with Crippen LogP contribution in [0.25, 0.3) is 0 Å². The highest BCUT2D eigenvalue weighted by molar-refractivity contribution is 4.99. The lowest BCUT2D eigenvalue weighted by Gasteiger charge is -2.24. The molecule has 0 aromatic carbocycles. The zero-order chi connectivity index (χ0) is 13.8. The Hall–Kier alpha value is -0.300. The second-order valence-electron chi connectivity index (χ2n) is 6.35. The maximum absolute atomic E-state index is 10.6. The van der Waals surface area contributed by atoms with Crippen molar-refractivity contribution >= 4 is 0 Å². The van der Waals surface area contributed by atoms with E-state index in [2.05, 4.69) is 0 Å². The maximum Gasteiger partial charge on any atom is 0.0827 e. The van der Waals surface area contributed by atoms with Crippen molar-refractivity contribution in [3.63, 3.8) is 0 Å².